The second kappa shape index (κ2) is 9.04. The Hall–Kier alpha value is -4.32. The van der Waals surface area contributed by atoms with Crippen molar-refractivity contribution in [2.45, 2.75) is 12.8 Å². The van der Waals surface area contributed by atoms with Crippen LogP contribution in [0.2, 0.25) is 0 Å². The summed E-state index contributed by atoms with van der Waals surface area (Å²) in [4.78, 5) is 31.1. The van der Waals surface area contributed by atoms with Crippen molar-refractivity contribution in [3.05, 3.63) is 101 Å². The number of amides is 1. The number of aryl methyl sites for hydroxylation is 1. The van der Waals surface area contributed by atoms with Gasteiger partial charge in [0.2, 0.25) is 0 Å². The van der Waals surface area contributed by atoms with Gasteiger partial charge in [0.1, 0.15) is 0 Å². The fraction of sp³-hybridized carbons (Fsp3) is 0.111. The molecule has 3 aromatic carbocycles. The van der Waals surface area contributed by atoms with Gasteiger partial charge in [0.25, 0.3) is 5.56 Å². The Morgan fingerprint density at radius 1 is 0.879 bits per heavy atom. The Bertz CT molecular complexity index is 1490. The lowest BCUT2D eigenvalue weighted by Crippen LogP contribution is -2.15. The number of pyridine rings is 1. The van der Waals surface area contributed by atoms with Crippen LogP contribution in [0.15, 0.2) is 89.9 Å². The zero-order chi connectivity index (χ0) is 22.6. The van der Waals surface area contributed by atoms with Crippen molar-refractivity contribution < 1.29 is 9.53 Å². The number of H-pyrrole nitrogens is 2. The van der Waals surface area contributed by atoms with E-state index in [1.165, 1.54) is 5.56 Å². The first-order valence-corrected chi connectivity index (χ1v) is 10.9. The first-order chi connectivity index (χ1) is 16.2. The number of ether oxygens (including phenoxy) is 1. The number of carbonyl (C=O) groups excluding carboxylic acids is 1. The van der Waals surface area contributed by atoms with Gasteiger partial charge in [-0.1, -0.05) is 54.6 Å². The summed E-state index contributed by atoms with van der Waals surface area (Å²) in [5.74, 6) is 0. The molecule has 0 atom stereocenters. The maximum Gasteiger partial charge on any atom is 0.411 e. The predicted octanol–water partition coefficient (Wildman–Crippen LogP) is 5.86. The molecule has 1 amide bonds. The largest absolute Gasteiger partial charge is 0.449 e. The number of rotatable bonds is 6. The minimum absolute atomic E-state index is 0.187. The third-order valence-corrected chi connectivity index (χ3v) is 5.66. The third-order valence-electron chi connectivity index (χ3n) is 5.66. The molecule has 0 saturated heterocycles. The number of nitrogens with one attached hydrogen (secondary N) is 3. The fourth-order valence-corrected chi connectivity index (χ4v) is 4.01. The molecule has 0 unspecified atom stereocenters. The average molecular weight is 437 g/mol. The Balaban J connectivity index is 1.27. The molecule has 2 aromatic heterocycles. The first-order valence-electron chi connectivity index (χ1n) is 10.9. The first kappa shape index (κ1) is 20.6. The summed E-state index contributed by atoms with van der Waals surface area (Å²) in [7, 11) is 0. The van der Waals surface area contributed by atoms with Crippen LogP contribution in [-0.2, 0) is 11.2 Å². The highest BCUT2D eigenvalue weighted by Crippen LogP contribution is 2.28. The van der Waals surface area contributed by atoms with Crippen LogP contribution in [0.1, 0.15) is 12.0 Å². The van der Waals surface area contributed by atoms with Crippen molar-refractivity contribution in [3.63, 3.8) is 0 Å². The molecule has 5 aromatic rings. The monoisotopic (exact) mass is 437 g/mol. The summed E-state index contributed by atoms with van der Waals surface area (Å²) in [6, 6.07) is 25.2. The predicted molar refractivity (Wildman–Crippen MR) is 132 cm³/mol. The maximum atomic E-state index is 12.8. The van der Waals surface area contributed by atoms with Crippen LogP contribution in [0.25, 0.3) is 32.9 Å². The molecule has 164 valence electrons. The number of hydrogen-bond donors (Lipinski definition) is 3. The zero-order valence-electron chi connectivity index (χ0n) is 17.9. The van der Waals surface area contributed by atoms with Gasteiger partial charge in [-0.25, -0.2) is 4.79 Å². The zero-order valence-corrected chi connectivity index (χ0v) is 17.9. The van der Waals surface area contributed by atoms with E-state index in [2.05, 4.69) is 27.4 Å². The molecular weight excluding hydrogens is 414 g/mol. The molecule has 0 fully saturated rings. The number of hydrogen-bond acceptors (Lipinski definition) is 3. The molecule has 3 N–H and O–H groups in total. The standard InChI is InChI=1S/C27H23N3O3/c31-26-22(23-17-28-24-11-5-4-10-21(23)24)15-19-12-13-20(16-25(19)30-26)29-27(32)33-14-6-9-18-7-2-1-3-8-18/h1-5,7-8,10-13,15-17,28H,6,9,14H2,(H,29,32)(H,30,31). The van der Waals surface area contributed by atoms with E-state index in [1.807, 2.05) is 60.8 Å². The molecule has 0 bridgehead atoms. The quantitative estimate of drug-likeness (QED) is 0.291. The minimum Gasteiger partial charge on any atom is -0.449 e. The molecule has 0 aliphatic carbocycles. The summed E-state index contributed by atoms with van der Waals surface area (Å²) in [6.07, 6.45) is 2.94. The Morgan fingerprint density at radius 2 is 1.70 bits per heavy atom. The highest BCUT2D eigenvalue weighted by atomic mass is 16.5. The van der Waals surface area contributed by atoms with E-state index in [0.29, 0.717) is 23.4 Å². The molecule has 0 spiro atoms. The molecule has 0 aliphatic heterocycles. The van der Waals surface area contributed by atoms with Crippen LogP contribution in [0.3, 0.4) is 0 Å². The lowest BCUT2D eigenvalue weighted by atomic mass is 10.0. The summed E-state index contributed by atoms with van der Waals surface area (Å²) < 4.78 is 5.29. The van der Waals surface area contributed by atoms with E-state index in [0.717, 1.165) is 34.7 Å². The van der Waals surface area contributed by atoms with Gasteiger partial charge >= 0.3 is 6.09 Å². The molecule has 6 nitrogen and oxygen atoms in total. The van der Waals surface area contributed by atoms with Gasteiger partial charge in [0.15, 0.2) is 0 Å². The van der Waals surface area contributed by atoms with E-state index in [1.54, 1.807) is 12.1 Å². The summed E-state index contributed by atoms with van der Waals surface area (Å²) in [5.41, 5.74) is 4.67. The number of fused-ring (bicyclic) bond motifs is 2. The SMILES string of the molecule is O=C(Nc1ccc2cc(-c3c[nH]c4ccccc34)c(=O)[nH]c2c1)OCCCc1ccccc1. The number of para-hydroxylation sites is 1. The summed E-state index contributed by atoms with van der Waals surface area (Å²) in [6.45, 7) is 0.332. The lowest BCUT2D eigenvalue weighted by Gasteiger charge is -2.09. The number of benzene rings is 3. The average Bonchev–Trinajstić information content (AvgIpc) is 3.26. The Labute approximate surface area is 190 Å². The van der Waals surface area contributed by atoms with Gasteiger partial charge in [-0.15, -0.1) is 0 Å². The highest BCUT2D eigenvalue weighted by molar-refractivity contribution is 5.98. The van der Waals surface area contributed by atoms with Gasteiger partial charge in [0.05, 0.1) is 12.1 Å². The molecule has 0 saturated carbocycles. The van der Waals surface area contributed by atoms with Gasteiger partial charge in [-0.3, -0.25) is 10.1 Å². The van der Waals surface area contributed by atoms with Crippen LogP contribution < -0.4 is 10.9 Å². The van der Waals surface area contributed by atoms with Crippen LogP contribution in [0.4, 0.5) is 10.5 Å². The topological polar surface area (TPSA) is 87.0 Å². The van der Waals surface area contributed by atoms with Crippen molar-refractivity contribution in [2.24, 2.45) is 0 Å². The van der Waals surface area contributed by atoms with Gasteiger partial charge in [-0.05, 0) is 48.1 Å². The molecule has 33 heavy (non-hydrogen) atoms. The van der Waals surface area contributed by atoms with E-state index in [4.69, 9.17) is 4.74 Å². The van der Waals surface area contributed by atoms with E-state index in [-0.39, 0.29) is 5.56 Å². The van der Waals surface area contributed by atoms with Crippen molar-refractivity contribution >= 4 is 33.6 Å². The molecule has 2 heterocycles. The normalized spacial score (nSPS) is 11.0. The maximum absolute atomic E-state index is 12.8. The smallest absolute Gasteiger partial charge is 0.411 e. The van der Waals surface area contributed by atoms with Crippen LogP contribution in [0, 0.1) is 0 Å². The Morgan fingerprint density at radius 3 is 2.58 bits per heavy atom. The van der Waals surface area contributed by atoms with Crippen molar-refractivity contribution in [1.29, 1.82) is 0 Å². The molecule has 5 rings (SSSR count). The number of aromatic amines is 2. The highest BCUT2D eigenvalue weighted by Gasteiger charge is 2.11. The molecular formula is C27H23N3O3. The van der Waals surface area contributed by atoms with Crippen molar-refractivity contribution in [1.82, 2.24) is 9.97 Å². The van der Waals surface area contributed by atoms with Crippen LogP contribution in [-0.4, -0.2) is 22.7 Å². The minimum atomic E-state index is -0.514. The second-order valence-electron chi connectivity index (χ2n) is 7.91. The second-order valence-corrected chi connectivity index (χ2v) is 7.91. The molecule has 0 aliphatic rings. The van der Waals surface area contributed by atoms with E-state index in [9.17, 15) is 9.59 Å². The third kappa shape index (κ3) is 4.50. The molecule has 6 heteroatoms. The van der Waals surface area contributed by atoms with Gasteiger partial charge < -0.3 is 14.7 Å². The van der Waals surface area contributed by atoms with Crippen LogP contribution >= 0.6 is 0 Å². The number of anilines is 1. The van der Waals surface area contributed by atoms with Crippen molar-refractivity contribution in [3.8, 4) is 11.1 Å². The van der Waals surface area contributed by atoms with Crippen LogP contribution in [0.5, 0.6) is 0 Å². The number of aromatic nitrogens is 2. The fourth-order valence-electron chi connectivity index (χ4n) is 4.01. The lowest BCUT2D eigenvalue weighted by molar-refractivity contribution is 0.160. The van der Waals surface area contributed by atoms with E-state index < -0.39 is 6.09 Å². The van der Waals surface area contributed by atoms with Gasteiger partial charge in [0, 0.05) is 33.9 Å². The summed E-state index contributed by atoms with van der Waals surface area (Å²) >= 11 is 0. The Kier molecular flexibility index (Phi) is 5.64. The number of carbonyl (C=O) groups is 1. The van der Waals surface area contributed by atoms with Crippen molar-refractivity contribution in [2.75, 3.05) is 11.9 Å². The summed E-state index contributed by atoms with van der Waals surface area (Å²) in [5, 5.41) is 4.60. The van der Waals surface area contributed by atoms with E-state index >= 15 is 0 Å². The van der Waals surface area contributed by atoms with Gasteiger partial charge in [-0.2, -0.15) is 0 Å². The molecule has 0 radical (unpaired) electrons.